The van der Waals surface area contributed by atoms with E-state index in [4.69, 9.17) is 25.8 Å². The highest BCUT2D eigenvalue weighted by molar-refractivity contribution is 7.92. The second-order valence-electron chi connectivity index (χ2n) is 5.94. The molecule has 0 aliphatic carbocycles. The molecule has 0 fully saturated rings. The largest absolute Gasteiger partial charge is 0.495 e. The zero-order valence-electron chi connectivity index (χ0n) is 16.6. The lowest BCUT2D eigenvalue weighted by Crippen LogP contribution is -2.37. The number of rotatable bonds is 9. The van der Waals surface area contributed by atoms with Crippen LogP contribution in [-0.4, -0.2) is 48.0 Å². The number of carbonyl (C=O) groups excluding carboxylic acids is 1. The van der Waals surface area contributed by atoms with Crippen molar-refractivity contribution in [2.24, 2.45) is 0 Å². The first kappa shape index (κ1) is 22.6. The molecule has 0 bridgehead atoms. The number of anilines is 2. The average molecular weight is 443 g/mol. The molecule has 10 heteroatoms. The summed E-state index contributed by atoms with van der Waals surface area (Å²) in [5.74, 6) is 0.587. The summed E-state index contributed by atoms with van der Waals surface area (Å²) < 4.78 is 41.4. The molecule has 29 heavy (non-hydrogen) atoms. The summed E-state index contributed by atoms with van der Waals surface area (Å²) in [6.45, 7) is 1.81. The van der Waals surface area contributed by atoms with Gasteiger partial charge in [-0.2, -0.15) is 0 Å². The van der Waals surface area contributed by atoms with Crippen molar-refractivity contribution in [2.75, 3.05) is 43.2 Å². The van der Waals surface area contributed by atoms with Crippen LogP contribution in [0.15, 0.2) is 36.4 Å². The van der Waals surface area contributed by atoms with Gasteiger partial charge in [0.1, 0.15) is 23.8 Å². The SMILES string of the molecule is CCOc1cccc(N(CC(=O)Nc2cc(OC)c(Cl)cc2OC)S(C)(=O)=O)c1. The standard InChI is InChI=1S/C19H23ClN2O6S/c1-5-28-14-8-6-7-13(9-14)22(29(4,24)25)12-19(23)21-16-11-17(26-2)15(20)10-18(16)27-3/h6-11H,5,12H2,1-4H3,(H,21,23). The first-order valence-corrected chi connectivity index (χ1v) is 10.8. The lowest BCUT2D eigenvalue weighted by molar-refractivity contribution is -0.114. The quantitative estimate of drug-likeness (QED) is 0.641. The third kappa shape index (κ3) is 5.91. The minimum atomic E-state index is -3.73. The van der Waals surface area contributed by atoms with Crippen molar-refractivity contribution < 1.29 is 27.4 Å². The smallest absolute Gasteiger partial charge is 0.245 e. The molecule has 158 valence electrons. The van der Waals surface area contributed by atoms with Gasteiger partial charge in [0.05, 0.1) is 43.5 Å². The number of hydrogen-bond acceptors (Lipinski definition) is 6. The Morgan fingerprint density at radius 3 is 2.41 bits per heavy atom. The van der Waals surface area contributed by atoms with Crippen LogP contribution in [0, 0.1) is 0 Å². The summed E-state index contributed by atoms with van der Waals surface area (Å²) in [6.07, 6.45) is 1.03. The average Bonchev–Trinajstić information content (AvgIpc) is 2.66. The van der Waals surface area contributed by atoms with Crippen LogP contribution < -0.4 is 23.8 Å². The monoisotopic (exact) mass is 442 g/mol. The fourth-order valence-corrected chi connectivity index (χ4v) is 3.65. The van der Waals surface area contributed by atoms with Crippen LogP contribution in [0.2, 0.25) is 5.02 Å². The van der Waals surface area contributed by atoms with Crippen LogP contribution in [-0.2, 0) is 14.8 Å². The molecule has 1 amide bonds. The van der Waals surface area contributed by atoms with Gasteiger partial charge in [0, 0.05) is 18.2 Å². The number of methoxy groups -OCH3 is 2. The maximum atomic E-state index is 12.6. The summed E-state index contributed by atoms with van der Waals surface area (Å²) in [4.78, 5) is 12.6. The van der Waals surface area contributed by atoms with Gasteiger partial charge in [-0.3, -0.25) is 9.10 Å². The third-order valence-electron chi connectivity index (χ3n) is 3.85. The Bertz CT molecular complexity index is 981. The van der Waals surface area contributed by atoms with Crippen molar-refractivity contribution in [1.29, 1.82) is 0 Å². The van der Waals surface area contributed by atoms with Crippen LogP contribution in [0.3, 0.4) is 0 Å². The van der Waals surface area contributed by atoms with E-state index in [1.165, 1.54) is 26.4 Å². The minimum absolute atomic E-state index is 0.301. The van der Waals surface area contributed by atoms with Crippen LogP contribution in [0.25, 0.3) is 0 Å². The third-order valence-corrected chi connectivity index (χ3v) is 5.29. The molecule has 1 N–H and O–H groups in total. The van der Waals surface area contributed by atoms with E-state index in [9.17, 15) is 13.2 Å². The van der Waals surface area contributed by atoms with Crippen molar-refractivity contribution in [3.63, 3.8) is 0 Å². The molecule has 2 aromatic rings. The maximum Gasteiger partial charge on any atom is 0.245 e. The fourth-order valence-electron chi connectivity index (χ4n) is 2.57. The van der Waals surface area contributed by atoms with Gasteiger partial charge in [-0.1, -0.05) is 17.7 Å². The van der Waals surface area contributed by atoms with Crippen LogP contribution >= 0.6 is 11.6 Å². The van der Waals surface area contributed by atoms with Crippen molar-refractivity contribution >= 4 is 38.9 Å². The number of halogens is 1. The molecule has 0 aliphatic heterocycles. The molecular formula is C19H23ClN2O6S. The molecule has 0 atom stereocenters. The van der Waals surface area contributed by atoms with Gasteiger partial charge in [-0.15, -0.1) is 0 Å². The Morgan fingerprint density at radius 1 is 1.14 bits per heavy atom. The number of ether oxygens (including phenoxy) is 3. The van der Waals surface area contributed by atoms with Crippen molar-refractivity contribution in [1.82, 2.24) is 0 Å². The van der Waals surface area contributed by atoms with Crippen molar-refractivity contribution in [3.8, 4) is 17.2 Å². The van der Waals surface area contributed by atoms with E-state index >= 15 is 0 Å². The summed E-state index contributed by atoms with van der Waals surface area (Å²) in [5.41, 5.74) is 0.615. The summed E-state index contributed by atoms with van der Waals surface area (Å²) >= 11 is 6.06. The Kier molecular flexibility index (Phi) is 7.58. The molecule has 0 radical (unpaired) electrons. The second kappa shape index (κ2) is 9.71. The van der Waals surface area contributed by atoms with Crippen molar-refractivity contribution in [3.05, 3.63) is 41.4 Å². The maximum absolute atomic E-state index is 12.6. The van der Waals surface area contributed by atoms with Crippen LogP contribution in [0.4, 0.5) is 11.4 Å². The van der Waals surface area contributed by atoms with Crippen LogP contribution in [0.5, 0.6) is 17.2 Å². The summed E-state index contributed by atoms with van der Waals surface area (Å²) in [7, 11) is -0.865. The number of sulfonamides is 1. The second-order valence-corrected chi connectivity index (χ2v) is 8.25. The van der Waals surface area contributed by atoms with E-state index in [0.717, 1.165) is 10.6 Å². The Hall–Kier alpha value is -2.65. The van der Waals surface area contributed by atoms with E-state index in [0.29, 0.717) is 40.3 Å². The lowest BCUT2D eigenvalue weighted by Gasteiger charge is -2.23. The lowest BCUT2D eigenvalue weighted by atomic mass is 10.2. The molecule has 8 nitrogen and oxygen atoms in total. The van der Waals surface area contributed by atoms with Gasteiger partial charge in [0.2, 0.25) is 15.9 Å². The molecule has 0 spiro atoms. The molecule has 2 rings (SSSR count). The minimum Gasteiger partial charge on any atom is -0.495 e. The molecule has 0 saturated heterocycles. The predicted octanol–water partition coefficient (Wildman–Crippen LogP) is 3.16. The Labute approximate surface area is 175 Å². The number of amides is 1. The van der Waals surface area contributed by atoms with Gasteiger partial charge < -0.3 is 19.5 Å². The normalized spacial score (nSPS) is 10.9. The highest BCUT2D eigenvalue weighted by atomic mass is 35.5. The Balaban J connectivity index is 2.29. The van der Waals surface area contributed by atoms with E-state index in [1.807, 2.05) is 6.92 Å². The number of nitrogens with zero attached hydrogens (tertiary/aromatic N) is 1. The number of hydrogen-bond donors (Lipinski definition) is 1. The molecule has 0 aliphatic rings. The van der Waals surface area contributed by atoms with Crippen molar-refractivity contribution in [2.45, 2.75) is 6.92 Å². The van der Waals surface area contributed by atoms with Gasteiger partial charge >= 0.3 is 0 Å². The summed E-state index contributed by atoms with van der Waals surface area (Å²) in [5, 5.41) is 2.95. The van der Waals surface area contributed by atoms with Gasteiger partial charge in [0.25, 0.3) is 0 Å². The summed E-state index contributed by atoms with van der Waals surface area (Å²) in [6, 6.07) is 9.50. The molecule has 0 saturated carbocycles. The zero-order valence-corrected chi connectivity index (χ0v) is 18.1. The fraction of sp³-hybridized carbons (Fsp3) is 0.316. The highest BCUT2D eigenvalue weighted by Gasteiger charge is 2.22. The van der Waals surface area contributed by atoms with E-state index in [-0.39, 0.29) is 0 Å². The van der Waals surface area contributed by atoms with E-state index in [2.05, 4.69) is 5.32 Å². The van der Waals surface area contributed by atoms with Gasteiger partial charge in [0.15, 0.2) is 0 Å². The molecule has 0 unspecified atom stereocenters. The first-order valence-electron chi connectivity index (χ1n) is 8.61. The highest BCUT2D eigenvalue weighted by Crippen LogP contribution is 2.36. The number of carbonyl (C=O) groups is 1. The van der Waals surface area contributed by atoms with Gasteiger partial charge in [-0.25, -0.2) is 8.42 Å². The van der Waals surface area contributed by atoms with E-state index in [1.54, 1.807) is 24.3 Å². The molecule has 0 heterocycles. The topological polar surface area (TPSA) is 94.2 Å². The van der Waals surface area contributed by atoms with Gasteiger partial charge in [-0.05, 0) is 19.1 Å². The van der Waals surface area contributed by atoms with E-state index < -0.39 is 22.5 Å². The van der Waals surface area contributed by atoms with Crippen LogP contribution in [0.1, 0.15) is 6.92 Å². The number of benzene rings is 2. The Morgan fingerprint density at radius 2 is 1.83 bits per heavy atom. The number of nitrogens with one attached hydrogen (secondary N) is 1. The molecule has 0 aromatic heterocycles. The predicted molar refractivity (Wildman–Crippen MR) is 113 cm³/mol. The molecular weight excluding hydrogens is 420 g/mol. The first-order chi connectivity index (χ1) is 13.7. The molecule has 2 aromatic carbocycles. The zero-order chi connectivity index (χ0) is 21.6.